The van der Waals surface area contributed by atoms with Gasteiger partial charge in [-0.25, -0.2) is 18.6 Å². The molecule has 2 aromatic heterocycles. The zero-order valence-corrected chi connectivity index (χ0v) is 31.6. The lowest BCUT2D eigenvalue weighted by Crippen LogP contribution is -2.51. The van der Waals surface area contributed by atoms with Crippen molar-refractivity contribution in [1.29, 1.82) is 0 Å². The van der Waals surface area contributed by atoms with Crippen LogP contribution in [0.1, 0.15) is 68.4 Å². The number of amides is 2. The van der Waals surface area contributed by atoms with Crippen LogP contribution in [0.15, 0.2) is 59.3 Å². The minimum Gasteiger partial charge on any atom is -0.469 e. The van der Waals surface area contributed by atoms with Crippen molar-refractivity contribution in [3.8, 4) is 17.1 Å². The first kappa shape index (κ1) is 38.5. The molecule has 3 heterocycles. The lowest BCUT2D eigenvalue weighted by atomic mass is 9.80. The predicted octanol–water partition coefficient (Wildman–Crippen LogP) is 8.62. The summed E-state index contributed by atoms with van der Waals surface area (Å²) in [6.45, 7) is 6.87. The molecule has 1 aliphatic carbocycles. The molecule has 2 fully saturated rings. The minimum absolute atomic E-state index is 0.0312. The molecule has 14 heteroatoms. The smallest absolute Gasteiger partial charge is 0.410 e. The third kappa shape index (κ3) is 9.46. The van der Waals surface area contributed by atoms with E-state index in [-0.39, 0.29) is 53.9 Å². The number of aromatic nitrogens is 2. The van der Waals surface area contributed by atoms with Gasteiger partial charge in [-0.1, -0.05) is 46.6 Å². The van der Waals surface area contributed by atoms with Crippen LogP contribution in [-0.4, -0.2) is 70.4 Å². The summed E-state index contributed by atoms with van der Waals surface area (Å²) in [5.74, 6) is -1.85. The van der Waals surface area contributed by atoms with Crippen LogP contribution in [-0.2, 0) is 33.8 Å². The van der Waals surface area contributed by atoms with E-state index in [1.165, 1.54) is 6.07 Å². The van der Waals surface area contributed by atoms with Gasteiger partial charge in [0, 0.05) is 62.1 Å². The average Bonchev–Trinajstić information content (AvgIpc) is 3.87. The summed E-state index contributed by atoms with van der Waals surface area (Å²) >= 11 is 12.6. The molecule has 1 saturated carbocycles. The molecular weight excluding hydrogens is 729 g/mol. The highest BCUT2D eigenvalue weighted by molar-refractivity contribution is 6.33. The molecule has 10 nitrogen and oxygen atoms in total. The van der Waals surface area contributed by atoms with Gasteiger partial charge in [0.2, 0.25) is 11.8 Å². The topological polar surface area (TPSA) is 107 Å². The van der Waals surface area contributed by atoms with E-state index in [0.29, 0.717) is 31.1 Å². The maximum Gasteiger partial charge on any atom is 0.410 e. The summed E-state index contributed by atoms with van der Waals surface area (Å²) in [7, 11) is 1.66. The van der Waals surface area contributed by atoms with E-state index in [4.69, 9.17) is 41.9 Å². The Hall–Kier alpha value is -4.26. The van der Waals surface area contributed by atoms with E-state index in [1.807, 2.05) is 49.9 Å². The van der Waals surface area contributed by atoms with Gasteiger partial charge in [-0.3, -0.25) is 4.79 Å². The first-order valence-corrected chi connectivity index (χ1v) is 18.3. The standard InChI is InChI=1S/C39H42Cl2F2N4O6/c1-39(2,3)52-38(49)46-15-13-28(29(21-46)37(48)47(26-7-8-26)20-25-17-23(14-16-50-4)5-9-30(25)40)24-6-12-34(44-19-24)51-22-27-18-33(45-53-27)35-31(42)10-11-32(43)36(35)41/h5-6,9-12,17-19,26,28-29H,7-8,13-16,20-22H2,1-4H3. The Kier molecular flexibility index (Phi) is 11.9. The van der Waals surface area contributed by atoms with Crippen LogP contribution in [0.2, 0.25) is 10.0 Å². The van der Waals surface area contributed by atoms with Gasteiger partial charge in [-0.15, -0.1) is 0 Å². The van der Waals surface area contributed by atoms with Crippen LogP contribution in [0.3, 0.4) is 0 Å². The fourth-order valence-corrected chi connectivity index (χ4v) is 6.92. The molecule has 1 saturated heterocycles. The molecule has 2 unspecified atom stereocenters. The van der Waals surface area contributed by atoms with Crippen LogP contribution in [0.4, 0.5) is 13.6 Å². The number of hydrogen-bond acceptors (Lipinski definition) is 8. The lowest BCUT2D eigenvalue weighted by Gasteiger charge is -2.40. The summed E-state index contributed by atoms with van der Waals surface area (Å²) in [5, 5.41) is 4.02. The second-order valence-electron chi connectivity index (χ2n) is 14.4. The number of likely N-dealkylation sites (tertiary alicyclic amines) is 1. The maximum absolute atomic E-state index is 14.7. The lowest BCUT2D eigenvalue weighted by molar-refractivity contribution is -0.139. The Bertz CT molecular complexity index is 1930. The van der Waals surface area contributed by atoms with Crippen LogP contribution >= 0.6 is 23.2 Å². The highest BCUT2D eigenvalue weighted by Gasteiger charge is 2.43. The number of hydrogen-bond donors (Lipinski definition) is 0. The fourth-order valence-electron chi connectivity index (χ4n) is 6.49. The van der Waals surface area contributed by atoms with Gasteiger partial charge < -0.3 is 28.5 Å². The molecule has 1 aliphatic heterocycles. The molecule has 2 amide bonds. The molecule has 53 heavy (non-hydrogen) atoms. The molecule has 2 aliphatic rings. The summed E-state index contributed by atoms with van der Waals surface area (Å²) in [6.07, 6.45) is 4.25. The highest BCUT2D eigenvalue weighted by Crippen LogP contribution is 2.39. The SMILES string of the molecule is COCCc1ccc(Cl)c(CN(C(=O)C2CN(C(=O)OC(C)(C)C)CCC2c2ccc(OCc3cc(-c4c(F)ccc(F)c4Cl)no3)nc2)C2CC2)c1. The molecule has 4 aromatic rings. The predicted molar refractivity (Wildman–Crippen MR) is 195 cm³/mol. The zero-order valence-electron chi connectivity index (χ0n) is 30.0. The van der Waals surface area contributed by atoms with Gasteiger partial charge in [0.1, 0.15) is 22.9 Å². The van der Waals surface area contributed by atoms with Gasteiger partial charge in [0.25, 0.3) is 0 Å². The summed E-state index contributed by atoms with van der Waals surface area (Å²) < 4.78 is 50.4. The normalized spacial score (nSPS) is 17.5. The quantitative estimate of drug-likeness (QED) is 0.132. The second kappa shape index (κ2) is 16.4. The molecule has 0 bridgehead atoms. The monoisotopic (exact) mass is 770 g/mol. The number of ether oxygens (including phenoxy) is 3. The molecule has 2 aromatic carbocycles. The molecule has 0 radical (unpaired) electrons. The molecular formula is C39H42Cl2F2N4O6. The Balaban J connectivity index is 1.20. The van der Waals surface area contributed by atoms with E-state index in [0.717, 1.165) is 48.1 Å². The maximum atomic E-state index is 14.7. The van der Waals surface area contributed by atoms with Crippen molar-refractivity contribution >= 4 is 35.2 Å². The van der Waals surface area contributed by atoms with Crippen molar-refractivity contribution in [2.45, 2.75) is 77.2 Å². The number of benzene rings is 2. The number of carbonyl (C=O) groups excluding carboxylic acids is 2. The Morgan fingerprint density at radius 1 is 1.04 bits per heavy atom. The summed E-state index contributed by atoms with van der Waals surface area (Å²) in [5.41, 5.74) is 1.90. The van der Waals surface area contributed by atoms with Gasteiger partial charge in [0.05, 0.1) is 23.1 Å². The van der Waals surface area contributed by atoms with Crippen molar-refractivity contribution in [3.63, 3.8) is 0 Å². The number of nitrogens with zero attached hydrogens (tertiary/aromatic N) is 4. The average molecular weight is 772 g/mol. The van der Waals surface area contributed by atoms with E-state index in [2.05, 4.69) is 10.1 Å². The van der Waals surface area contributed by atoms with Crippen molar-refractivity contribution in [3.05, 3.63) is 98.9 Å². The molecule has 0 spiro atoms. The Morgan fingerprint density at radius 3 is 2.51 bits per heavy atom. The number of rotatable bonds is 12. The van der Waals surface area contributed by atoms with Crippen molar-refractivity contribution in [2.24, 2.45) is 5.92 Å². The fraction of sp³-hybridized carbons (Fsp3) is 0.436. The Morgan fingerprint density at radius 2 is 1.81 bits per heavy atom. The minimum atomic E-state index is -0.777. The van der Waals surface area contributed by atoms with Crippen LogP contribution in [0.5, 0.6) is 5.88 Å². The molecule has 0 N–H and O–H groups in total. The third-order valence-corrected chi connectivity index (χ3v) is 10.0. The van der Waals surface area contributed by atoms with Gasteiger partial charge in [0.15, 0.2) is 12.4 Å². The Labute approximate surface area is 317 Å². The number of piperidine rings is 1. The van der Waals surface area contributed by atoms with Crippen LogP contribution < -0.4 is 4.74 Å². The van der Waals surface area contributed by atoms with Crippen molar-refractivity contribution < 1.29 is 37.1 Å². The molecule has 282 valence electrons. The van der Waals surface area contributed by atoms with Crippen molar-refractivity contribution in [1.82, 2.24) is 19.9 Å². The van der Waals surface area contributed by atoms with Crippen LogP contribution in [0.25, 0.3) is 11.3 Å². The number of carbonyl (C=O) groups is 2. The molecule has 6 rings (SSSR count). The summed E-state index contributed by atoms with van der Waals surface area (Å²) in [6, 6.07) is 12.8. The van der Waals surface area contributed by atoms with Gasteiger partial charge in [-0.2, -0.15) is 0 Å². The van der Waals surface area contributed by atoms with E-state index >= 15 is 0 Å². The second-order valence-corrected chi connectivity index (χ2v) is 15.2. The highest BCUT2D eigenvalue weighted by atomic mass is 35.5. The van der Waals surface area contributed by atoms with E-state index in [9.17, 15) is 18.4 Å². The first-order chi connectivity index (χ1) is 25.3. The first-order valence-electron chi connectivity index (χ1n) is 17.5. The zero-order chi connectivity index (χ0) is 37.9. The number of methoxy groups -OCH3 is 1. The van der Waals surface area contributed by atoms with Crippen LogP contribution in [0, 0.1) is 17.6 Å². The molecule has 2 atom stereocenters. The van der Waals surface area contributed by atoms with E-state index < -0.39 is 34.3 Å². The van der Waals surface area contributed by atoms with Gasteiger partial charge >= 0.3 is 6.09 Å². The summed E-state index contributed by atoms with van der Waals surface area (Å²) in [4.78, 5) is 35.9. The third-order valence-electron chi connectivity index (χ3n) is 9.31. The largest absolute Gasteiger partial charge is 0.469 e. The van der Waals surface area contributed by atoms with E-state index in [1.54, 1.807) is 24.3 Å². The van der Waals surface area contributed by atoms with Crippen molar-refractivity contribution in [2.75, 3.05) is 26.8 Å². The van der Waals surface area contributed by atoms with Gasteiger partial charge in [-0.05, 0) is 81.3 Å². The number of pyridine rings is 1. The number of halogens is 4.